The highest BCUT2D eigenvalue weighted by atomic mass is 32.1. The molecule has 1 aromatic carbocycles. The van der Waals surface area contributed by atoms with E-state index in [0.29, 0.717) is 23.9 Å². The van der Waals surface area contributed by atoms with E-state index in [1.165, 1.54) is 11.3 Å². The van der Waals surface area contributed by atoms with E-state index in [4.69, 9.17) is 15.2 Å². The van der Waals surface area contributed by atoms with Crippen molar-refractivity contribution < 1.29 is 14.3 Å². The number of anilines is 1. The number of ether oxygens (including phenoxy) is 2. The number of rotatable bonds is 6. The van der Waals surface area contributed by atoms with Crippen LogP contribution in [0.5, 0.6) is 5.75 Å². The van der Waals surface area contributed by atoms with Gasteiger partial charge in [-0.3, -0.25) is 0 Å². The SMILES string of the molecule is CCOC(=O)C(CC)Oc1ccc(-c2nc(N)sc2C)cc1. The number of nitrogens with zero attached hydrogens (tertiary/aromatic N) is 1. The Labute approximate surface area is 134 Å². The number of thiazole rings is 1. The van der Waals surface area contributed by atoms with E-state index in [9.17, 15) is 4.79 Å². The van der Waals surface area contributed by atoms with E-state index in [1.54, 1.807) is 6.92 Å². The van der Waals surface area contributed by atoms with Crippen LogP contribution in [0.15, 0.2) is 24.3 Å². The van der Waals surface area contributed by atoms with Gasteiger partial charge in [-0.2, -0.15) is 0 Å². The molecule has 0 aliphatic heterocycles. The molecule has 2 rings (SSSR count). The first kappa shape index (κ1) is 16.3. The highest BCUT2D eigenvalue weighted by Crippen LogP contribution is 2.30. The lowest BCUT2D eigenvalue weighted by Gasteiger charge is -2.16. The molecule has 1 atom stereocenters. The molecule has 0 aliphatic rings. The number of hydrogen-bond acceptors (Lipinski definition) is 6. The van der Waals surface area contributed by atoms with E-state index < -0.39 is 6.10 Å². The zero-order valence-electron chi connectivity index (χ0n) is 13.0. The van der Waals surface area contributed by atoms with Gasteiger partial charge in [0, 0.05) is 10.4 Å². The number of nitrogens with two attached hydrogens (primary N) is 1. The maximum atomic E-state index is 11.7. The second kappa shape index (κ2) is 7.26. The zero-order valence-corrected chi connectivity index (χ0v) is 13.8. The fourth-order valence-corrected chi connectivity index (χ4v) is 2.78. The number of aromatic nitrogens is 1. The predicted octanol–water partition coefficient (Wildman–Crippen LogP) is 3.42. The Balaban J connectivity index is 2.11. The molecule has 22 heavy (non-hydrogen) atoms. The summed E-state index contributed by atoms with van der Waals surface area (Å²) < 4.78 is 10.7. The molecule has 2 N–H and O–H groups in total. The van der Waals surface area contributed by atoms with Crippen LogP contribution < -0.4 is 10.5 Å². The van der Waals surface area contributed by atoms with E-state index in [0.717, 1.165) is 16.1 Å². The lowest BCUT2D eigenvalue weighted by molar-refractivity contribution is -0.151. The lowest BCUT2D eigenvalue weighted by atomic mass is 10.1. The molecule has 5 nitrogen and oxygen atoms in total. The standard InChI is InChI=1S/C16H20N2O3S/c1-4-13(15(19)20-5-2)21-12-8-6-11(7-9-12)14-10(3)22-16(17)18-14/h6-9,13H,4-5H2,1-3H3,(H2,17,18). The van der Waals surface area contributed by atoms with Crippen LogP contribution in [-0.4, -0.2) is 23.7 Å². The number of carbonyl (C=O) groups is 1. The molecule has 0 aliphatic carbocycles. The van der Waals surface area contributed by atoms with Crippen molar-refractivity contribution in [3.63, 3.8) is 0 Å². The Morgan fingerprint density at radius 1 is 1.32 bits per heavy atom. The molecular formula is C16H20N2O3S. The maximum Gasteiger partial charge on any atom is 0.347 e. The van der Waals surface area contributed by atoms with Crippen molar-refractivity contribution >= 4 is 22.4 Å². The molecule has 0 amide bonds. The zero-order chi connectivity index (χ0) is 16.1. The predicted molar refractivity (Wildman–Crippen MR) is 88.0 cm³/mol. The Morgan fingerprint density at radius 3 is 2.50 bits per heavy atom. The number of aryl methyl sites for hydroxylation is 1. The van der Waals surface area contributed by atoms with Gasteiger partial charge in [0.2, 0.25) is 0 Å². The molecule has 1 unspecified atom stereocenters. The summed E-state index contributed by atoms with van der Waals surface area (Å²) in [7, 11) is 0. The summed E-state index contributed by atoms with van der Waals surface area (Å²) in [5, 5.41) is 0.557. The lowest BCUT2D eigenvalue weighted by Crippen LogP contribution is -2.28. The Morgan fingerprint density at radius 2 is 2.00 bits per heavy atom. The van der Waals surface area contributed by atoms with Gasteiger partial charge in [0.25, 0.3) is 0 Å². The maximum absolute atomic E-state index is 11.7. The van der Waals surface area contributed by atoms with Crippen molar-refractivity contribution in [3.05, 3.63) is 29.1 Å². The summed E-state index contributed by atoms with van der Waals surface area (Å²) in [5.41, 5.74) is 7.58. The first-order chi connectivity index (χ1) is 10.5. The van der Waals surface area contributed by atoms with Gasteiger partial charge in [-0.15, -0.1) is 11.3 Å². The van der Waals surface area contributed by atoms with E-state index in [1.807, 2.05) is 38.1 Å². The molecule has 1 aromatic heterocycles. The second-order valence-corrected chi connectivity index (χ2v) is 5.98. The largest absolute Gasteiger partial charge is 0.479 e. The minimum absolute atomic E-state index is 0.336. The van der Waals surface area contributed by atoms with Gasteiger partial charge < -0.3 is 15.2 Å². The average molecular weight is 320 g/mol. The van der Waals surface area contributed by atoms with Crippen LogP contribution in [-0.2, 0) is 9.53 Å². The third-order valence-corrected chi connectivity index (χ3v) is 3.94. The minimum atomic E-state index is -0.581. The number of carbonyl (C=O) groups excluding carboxylic acids is 1. The quantitative estimate of drug-likeness (QED) is 0.825. The molecule has 0 fully saturated rings. The topological polar surface area (TPSA) is 74.4 Å². The van der Waals surface area contributed by atoms with Crippen molar-refractivity contribution in [2.75, 3.05) is 12.3 Å². The molecule has 6 heteroatoms. The van der Waals surface area contributed by atoms with Crippen molar-refractivity contribution in [1.82, 2.24) is 4.98 Å². The number of hydrogen-bond donors (Lipinski definition) is 1. The van der Waals surface area contributed by atoms with Crippen LogP contribution in [0.2, 0.25) is 0 Å². The number of benzene rings is 1. The van der Waals surface area contributed by atoms with Crippen molar-refractivity contribution in [2.24, 2.45) is 0 Å². The first-order valence-corrected chi connectivity index (χ1v) is 8.03. The highest BCUT2D eigenvalue weighted by molar-refractivity contribution is 7.15. The summed E-state index contributed by atoms with van der Waals surface area (Å²) >= 11 is 1.47. The summed E-state index contributed by atoms with van der Waals surface area (Å²) in [6, 6.07) is 7.47. The first-order valence-electron chi connectivity index (χ1n) is 7.21. The second-order valence-electron chi connectivity index (χ2n) is 4.75. The molecular weight excluding hydrogens is 300 g/mol. The average Bonchev–Trinajstić information content (AvgIpc) is 2.84. The highest BCUT2D eigenvalue weighted by Gasteiger charge is 2.19. The molecule has 118 valence electrons. The Hall–Kier alpha value is -2.08. The van der Waals surface area contributed by atoms with Gasteiger partial charge >= 0.3 is 5.97 Å². The van der Waals surface area contributed by atoms with Gasteiger partial charge in [0.05, 0.1) is 12.3 Å². The van der Waals surface area contributed by atoms with Gasteiger partial charge in [-0.05, 0) is 44.5 Å². The molecule has 0 radical (unpaired) electrons. The fourth-order valence-electron chi connectivity index (χ4n) is 2.07. The molecule has 1 heterocycles. The van der Waals surface area contributed by atoms with Crippen molar-refractivity contribution in [1.29, 1.82) is 0 Å². The van der Waals surface area contributed by atoms with Crippen LogP contribution in [0.25, 0.3) is 11.3 Å². The van der Waals surface area contributed by atoms with Crippen molar-refractivity contribution in [3.8, 4) is 17.0 Å². The van der Waals surface area contributed by atoms with Crippen molar-refractivity contribution in [2.45, 2.75) is 33.3 Å². The summed E-state index contributed by atoms with van der Waals surface area (Å²) in [4.78, 5) is 17.1. The Kier molecular flexibility index (Phi) is 5.38. The van der Waals surface area contributed by atoms with Crippen LogP contribution in [0.4, 0.5) is 5.13 Å². The van der Waals surface area contributed by atoms with Gasteiger partial charge in [-0.25, -0.2) is 9.78 Å². The van der Waals surface area contributed by atoms with Crippen LogP contribution in [0, 0.1) is 6.92 Å². The normalized spacial score (nSPS) is 12.0. The van der Waals surface area contributed by atoms with Crippen LogP contribution in [0.3, 0.4) is 0 Å². The smallest absolute Gasteiger partial charge is 0.347 e. The van der Waals surface area contributed by atoms with Crippen LogP contribution >= 0.6 is 11.3 Å². The molecule has 0 spiro atoms. The third-order valence-electron chi connectivity index (χ3n) is 3.14. The van der Waals surface area contributed by atoms with E-state index >= 15 is 0 Å². The van der Waals surface area contributed by atoms with E-state index in [-0.39, 0.29) is 5.97 Å². The van der Waals surface area contributed by atoms with Gasteiger partial charge in [-0.1, -0.05) is 6.92 Å². The summed E-state index contributed by atoms with van der Waals surface area (Å²) in [5.74, 6) is 0.293. The summed E-state index contributed by atoms with van der Waals surface area (Å²) in [6.07, 6.45) is -0.0232. The van der Waals surface area contributed by atoms with E-state index in [2.05, 4.69) is 4.98 Å². The molecule has 0 saturated carbocycles. The minimum Gasteiger partial charge on any atom is -0.479 e. The number of nitrogen functional groups attached to an aromatic ring is 1. The molecule has 0 bridgehead atoms. The Bertz CT molecular complexity index is 637. The summed E-state index contributed by atoms with van der Waals surface area (Å²) in [6.45, 7) is 6.00. The third kappa shape index (κ3) is 3.76. The molecule has 2 aromatic rings. The fraction of sp³-hybridized carbons (Fsp3) is 0.375. The molecule has 0 saturated heterocycles. The van der Waals surface area contributed by atoms with Gasteiger partial charge in [0.15, 0.2) is 11.2 Å². The van der Waals surface area contributed by atoms with Gasteiger partial charge in [0.1, 0.15) is 5.75 Å². The number of esters is 1. The monoisotopic (exact) mass is 320 g/mol. The van der Waals surface area contributed by atoms with Crippen LogP contribution in [0.1, 0.15) is 25.1 Å².